The van der Waals surface area contributed by atoms with Crippen LogP contribution in [-0.4, -0.2) is 74.6 Å². The number of amides is 1. The van der Waals surface area contributed by atoms with Gasteiger partial charge in [-0.1, -0.05) is 0 Å². The Labute approximate surface area is 124 Å². The lowest BCUT2D eigenvalue weighted by Gasteiger charge is -2.41. The fourth-order valence-electron chi connectivity index (χ4n) is 2.92. The standard InChI is InChI=1S/C15H32N4O/c1-13(2)17-15(7-9-16-10-8-15)14(20)19(5)12-6-11-18(3)4/h13,16-17H,6-12H2,1-5H3. The fourth-order valence-corrected chi connectivity index (χ4v) is 2.92. The Bertz CT molecular complexity index is 298. The normalized spacial score (nSPS) is 18.6. The van der Waals surface area contributed by atoms with E-state index in [1.165, 1.54) is 0 Å². The molecule has 20 heavy (non-hydrogen) atoms. The highest BCUT2D eigenvalue weighted by atomic mass is 16.2. The van der Waals surface area contributed by atoms with Crippen LogP contribution in [-0.2, 0) is 4.79 Å². The molecule has 118 valence electrons. The van der Waals surface area contributed by atoms with Crippen molar-refractivity contribution in [3.05, 3.63) is 0 Å². The molecule has 1 aliphatic rings. The molecule has 5 nitrogen and oxygen atoms in total. The second-order valence-electron chi connectivity index (χ2n) is 6.51. The Hall–Kier alpha value is -0.650. The molecule has 1 fully saturated rings. The van der Waals surface area contributed by atoms with Crippen molar-refractivity contribution in [2.75, 3.05) is 47.3 Å². The van der Waals surface area contributed by atoms with E-state index in [9.17, 15) is 4.79 Å². The van der Waals surface area contributed by atoms with Crippen molar-refractivity contribution in [3.8, 4) is 0 Å². The Morgan fingerprint density at radius 1 is 1.20 bits per heavy atom. The monoisotopic (exact) mass is 284 g/mol. The Morgan fingerprint density at radius 2 is 1.80 bits per heavy atom. The Balaban J connectivity index is 2.62. The number of nitrogens with one attached hydrogen (secondary N) is 2. The van der Waals surface area contributed by atoms with Crippen LogP contribution in [0, 0.1) is 0 Å². The highest BCUT2D eigenvalue weighted by Crippen LogP contribution is 2.22. The maximum atomic E-state index is 12.9. The number of hydrogen-bond donors (Lipinski definition) is 2. The van der Waals surface area contributed by atoms with Crippen molar-refractivity contribution in [2.24, 2.45) is 0 Å². The number of nitrogens with zero attached hydrogens (tertiary/aromatic N) is 2. The minimum atomic E-state index is -0.369. The first kappa shape index (κ1) is 17.4. The van der Waals surface area contributed by atoms with Gasteiger partial charge in [0.05, 0.1) is 0 Å². The SMILES string of the molecule is CC(C)NC1(C(=O)N(C)CCCN(C)C)CCNCC1. The number of likely N-dealkylation sites (N-methyl/N-ethyl adjacent to an activating group) is 1. The van der Waals surface area contributed by atoms with Gasteiger partial charge in [-0.25, -0.2) is 0 Å². The molecular weight excluding hydrogens is 252 g/mol. The first-order valence-corrected chi connectivity index (χ1v) is 7.76. The number of piperidine rings is 1. The molecule has 1 rings (SSSR count). The van der Waals surface area contributed by atoms with Crippen molar-refractivity contribution in [3.63, 3.8) is 0 Å². The van der Waals surface area contributed by atoms with Gasteiger partial charge < -0.3 is 20.4 Å². The molecule has 0 radical (unpaired) electrons. The van der Waals surface area contributed by atoms with Crippen LogP contribution in [0.2, 0.25) is 0 Å². The summed E-state index contributed by atoms with van der Waals surface area (Å²) in [5.74, 6) is 0.256. The van der Waals surface area contributed by atoms with Crippen LogP contribution >= 0.6 is 0 Å². The number of hydrogen-bond acceptors (Lipinski definition) is 4. The van der Waals surface area contributed by atoms with Gasteiger partial charge in [0.2, 0.25) is 5.91 Å². The van der Waals surface area contributed by atoms with Crippen LogP contribution in [0.1, 0.15) is 33.1 Å². The van der Waals surface area contributed by atoms with Crippen LogP contribution in [0.5, 0.6) is 0 Å². The molecule has 0 aliphatic carbocycles. The molecule has 2 N–H and O–H groups in total. The molecule has 0 atom stereocenters. The first-order valence-electron chi connectivity index (χ1n) is 7.76. The van der Waals surface area contributed by atoms with Crippen molar-refractivity contribution in [2.45, 2.75) is 44.7 Å². The zero-order chi connectivity index (χ0) is 15.2. The van der Waals surface area contributed by atoms with E-state index in [4.69, 9.17) is 0 Å². The molecule has 1 amide bonds. The summed E-state index contributed by atoms with van der Waals surface area (Å²) < 4.78 is 0. The number of rotatable bonds is 7. The average molecular weight is 284 g/mol. The van der Waals surface area contributed by atoms with Gasteiger partial charge in [-0.15, -0.1) is 0 Å². The molecule has 1 aliphatic heterocycles. The van der Waals surface area contributed by atoms with Gasteiger partial charge in [-0.2, -0.15) is 0 Å². The van der Waals surface area contributed by atoms with Gasteiger partial charge in [-0.05, 0) is 66.8 Å². The van der Waals surface area contributed by atoms with Crippen molar-refractivity contribution in [1.29, 1.82) is 0 Å². The molecule has 0 aromatic rings. The maximum absolute atomic E-state index is 12.9. The second kappa shape index (κ2) is 7.96. The summed E-state index contributed by atoms with van der Waals surface area (Å²) in [6, 6.07) is 0.326. The van der Waals surface area contributed by atoms with Crippen molar-refractivity contribution < 1.29 is 4.79 Å². The molecule has 0 bridgehead atoms. The highest BCUT2D eigenvalue weighted by molar-refractivity contribution is 5.86. The van der Waals surface area contributed by atoms with Crippen LogP contribution in [0.4, 0.5) is 0 Å². The minimum Gasteiger partial charge on any atom is -0.344 e. The van der Waals surface area contributed by atoms with Gasteiger partial charge in [-0.3, -0.25) is 4.79 Å². The summed E-state index contributed by atoms with van der Waals surface area (Å²) in [6.07, 6.45) is 2.77. The van der Waals surface area contributed by atoms with Gasteiger partial charge >= 0.3 is 0 Å². The summed E-state index contributed by atoms with van der Waals surface area (Å²) in [4.78, 5) is 16.9. The molecule has 0 saturated carbocycles. The average Bonchev–Trinajstić information content (AvgIpc) is 2.37. The lowest BCUT2D eigenvalue weighted by atomic mass is 9.86. The molecule has 0 aromatic heterocycles. The largest absolute Gasteiger partial charge is 0.344 e. The molecule has 0 unspecified atom stereocenters. The lowest BCUT2D eigenvalue weighted by Crippen LogP contribution is -2.63. The predicted octanol–water partition coefficient (Wildman–Crippen LogP) is 0.517. The maximum Gasteiger partial charge on any atom is 0.242 e. The van der Waals surface area contributed by atoms with Gasteiger partial charge in [0.1, 0.15) is 5.54 Å². The zero-order valence-corrected chi connectivity index (χ0v) is 13.8. The van der Waals surface area contributed by atoms with E-state index in [1.54, 1.807) is 0 Å². The zero-order valence-electron chi connectivity index (χ0n) is 13.8. The molecule has 5 heteroatoms. The van der Waals surface area contributed by atoms with E-state index >= 15 is 0 Å². The van der Waals surface area contributed by atoms with Crippen LogP contribution in [0.15, 0.2) is 0 Å². The van der Waals surface area contributed by atoms with E-state index in [1.807, 2.05) is 11.9 Å². The van der Waals surface area contributed by atoms with Gasteiger partial charge in [0.15, 0.2) is 0 Å². The second-order valence-corrected chi connectivity index (χ2v) is 6.51. The van der Waals surface area contributed by atoms with E-state index in [2.05, 4.69) is 43.5 Å². The predicted molar refractivity (Wildman–Crippen MR) is 83.9 cm³/mol. The topological polar surface area (TPSA) is 47.6 Å². The fraction of sp³-hybridized carbons (Fsp3) is 0.933. The van der Waals surface area contributed by atoms with Crippen LogP contribution < -0.4 is 10.6 Å². The van der Waals surface area contributed by atoms with Crippen LogP contribution in [0.3, 0.4) is 0 Å². The van der Waals surface area contributed by atoms with E-state index in [0.717, 1.165) is 45.4 Å². The summed E-state index contributed by atoms with van der Waals surface area (Å²) >= 11 is 0. The smallest absolute Gasteiger partial charge is 0.242 e. The summed E-state index contributed by atoms with van der Waals surface area (Å²) in [7, 11) is 6.07. The van der Waals surface area contributed by atoms with Gasteiger partial charge in [0, 0.05) is 19.6 Å². The summed E-state index contributed by atoms with van der Waals surface area (Å²) in [5.41, 5.74) is -0.369. The van der Waals surface area contributed by atoms with Crippen molar-refractivity contribution in [1.82, 2.24) is 20.4 Å². The third-order valence-corrected chi connectivity index (χ3v) is 3.88. The third-order valence-electron chi connectivity index (χ3n) is 3.88. The quantitative estimate of drug-likeness (QED) is 0.715. The first-order chi connectivity index (χ1) is 9.37. The van der Waals surface area contributed by atoms with Crippen molar-refractivity contribution >= 4 is 5.91 Å². The number of carbonyl (C=O) groups is 1. The minimum absolute atomic E-state index is 0.256. The summed E-state index contributed by atoms with van der Waals surface area (Å²) in [6.45, 7) is 7.90. The van der Waals surface area contributed by atoms with Crippen LogP contribution in [0.25, 0.3) is 0 Å². The molecule has 0 spiro atoms. The van der Waals surface area contributed by atoms with E-state index in [-0.39, 0.29) is 11.4 Å². The Morgan fingerprint density at radius 3 is 2.30 bits per heavy atom. The molecule has 1 saturated heterocycles. The third kappa shape index (κ3) is 5.04. The Kier molecular flexibility index (Phi) is 6.92. The van der Waals surface area contributed by atoms with E-state index in [0.29, 0.717) is 6.04 Å². The highest BCUT2D eigenvalue weighted by Gasteiger charge is 2.41. The lowest BCUT2D eigenvalue weighted by molar-refractivity contribution is -0.138. The molecule has 1 heterocycles. The molecule has 0 aromatic carbocycles. The summed E-state index contributed by atoms with van der Waals surface area (Å²) in [5, 5.41) is 6.88. The molecular formula is C15H32N4O. The number of carbonyl (C=O) groups excluding carboxylic acids is 1. The van der Waals surface area contributed by atoms with E-state index < -0.39 is 0 Å². The van der Waals surface area contributed by atoms with Gasteiger partial charge in [0.25, 0.3) is 0 Å².